The van der Waals surface area contributed by atoms with Gasteiger partial charge in [0.25, 0.3) is 0 Å². The Labute approximate surface area is 136 Å². The topological polar surface area (TPSA) is 73.9 Å². The summed E-state index contributed by atoms with van der Waals surface area (Å²) >= 11 is 0. The van der Waals surface area contributed by atoms with E-state index in [-0.39, 0.29) is 24.9 Å². The molecule has 0 unspecified atom stereocenters. The Bertz CT molecular complexity index is 544. The Balaban J connectivity index is 1.81. The summed E-state index contributed by atoms with van der Waals surface area (Å²) in [6.45, 7) is 3.48. The molecule has 2 rings (SSSR count). The number of likely N-dealkylation sites (N-methyl/N-ethyl adjacent to an activating group) is 1. The van der Waals surface area contributed by atoms with Gasteiger partial charge in [0.2, 0.25) is 11.8 Å². The van der Waals surface area contributed by atoms with Crippen LogP contribution in [-0.4, -0.2) is 75.0 Å². The van der Waals surface area contributed by atoms with Crippen LogP contribution in [0.3, 0.4) is 0 Å². The molecule has 23 heavy (non-hydrogen) atoms. The van der Waals surface area contributed by atoms with Crippen LogP contribution in [0.5, 0.6) is 5.75 Å². The normalized spacial score (nSPS) is 14.7. The Morgan fingerprint density at radius 3 is 2.65 bits per heavy atom. The third-order valence-electron chi connectivity index (χ3n) is 3.67. The maximum atomic E-state index is 12.2. The molecule has 0 bridgehead atoms. The van der Waals surface area contributed by atoms with Gasteiger partial charge in [0.05, 0.1) is 25.9 Å². The predicted molar refractivity (Wildman–Crippen MR) is 88.6 cm³/mol. The number of anilines is 1. The van der Waals surface area contributed by atoms with Crippen molar-refractivity contribution in [2.45, 2.75) is 0 Å². The summed E-state index contributed by atoms with van der Waals surface area (Å²) in [6.07, 6.45) is 0. The number of nitrogens with one attached hydrogen (secondary N) is 2. The summed E-state index contributed by atoms with van der Waals surface area (Å²) in [5, 5.41) is 6.01. The van der Waals surface area contributed by atoms with Crippen LogP contribution in [0.15, 0.2) is 24.3 Å². The summed E-state index contributed by atoms with van der Waals surface area (Å²) in [7, 11) is 3.32. The fraction of sp³-hybridized carbons (Fsp3) is 0.500. The molecule has 0 radical (unpaired) electrons. The van der Waals surface area contributed by atoms with E-state index in [4.69, 9.17) is 4.74 Å². The van der Waals surface area contributed by atoms with E-state index in [2.05, 4.69) is 10.6 Å². The Kier molecular flexibility index (Phi) is 6.37. The van der Waals surface area contributed by atoms with Gasteiger partial charge in [-0.2, -0.15) is 0 Å². The molecule has 1 aliphatic heterocycles. The van der Waals surface area contributed by atoms with Crippen LogP contribution in [0.4, 0.5) is 5.69 Å². The number of carbonyl (C=O) groups excluding carboxylic acids is 2. The van der Waals surface area contributed by atoms with Crippen molar-refractivity contribution in [1.29, 1.82) is 0 Å². The standard InChI is InChI=1S/C16H24N4O3/c1-19(12-16(22)20-9-7-17-8-10-20)11-15(21)18-13-5-3-4-6-14(13)23-2/h3-6,17H,7-12H2,1-2H3,(H,18,21). The minimum absolute atomic E-state index is 0.0547. The number of carbonyl (C=O) groups is 2. The average Bonchev–Trinajstić information content (AvgIpc) is 2.55. The highest BCUT2D eigenvalue weighted by Crippen LogP contribution is 2.22. The first-order chi connectivity index (χ1) is 11.1. The molecule has 1 heterocycles. The highest BCUT2D eigenvalue weighted by atomic mass is 16.5. The third kappa shape index (κ3) is 5.22. The zero-order valence-corrected chi connectivity index (χ0v) is 13.7. The van der Waals surface area contributed by atoms with Gasteiger partial charge in [-0.25, -0.2) is 0 Å². The lowest BCUT2D eigenvalue weighted by Crippen LogP contribution is -2.49. The number of hydrogen-bond acceptors (Lipinski definition) is 5. The molecule has 1 aliphatic rings. The van der Waals surface area contributed by atoms with E-state index in [0.717, 1.165) is 26.2 Å². The minimum Gasteiger partial charge on any atom is -0.495 e. The zero-order chi connectivity index (χ0) is 16.7. The van der Waals surface area contributed by atoms with Crippen molar-refractivity contribution in [1.82, 2.24) is 15.1 Å². The highest BCUT2D eigenvalue weighted by molar-refractivity contribution is 5.94. The van der Waals surface area contributed by atoms with Gasteiger partial charge in [0.1, 0.15) is 5.75 Å². The molecule has 7 nitrogen and oxygen atoms in total. The molecule has 1 saturated heterocycles. The molecule has 1 aromatic rings. The highest BCUT2D eigenvalue weighted by Gasteiger charge is 2.18. The summed E-state index contributed by atoms with van der Waals surface area (Å²) in [6, 6.07) is 7.23. The molecule has 7 heteroatoms. The number of para-hydroxylation sites is 2. The third-order valence-corrected chi connectivity index (χ3v) is 3.67. The molecular weight excluding hydrogens is 296 g/mol. The van der Waals surface area contributed by atoms with Gasteiger partial charge >= 0.3 is 0 Å². The number of ether oxygens (including phenoxy) is 1. The molecule has 1 aromatic carbocycles. The van der Waals surface area contributed by atoms with E-state index < -0.39 is 0 Å². The van der Waals surface area contributed by atoms with Crippen molar-refractivity contribution in [3.05, 3.63) is 24.3 Å². The van der Waals surface area contributed by atoms with Crippen molar-refractivity contribution >= 4 is 17.5 Å². The fourth-order valence-corrected chi connectivity index (χ4v) is 2.48. The molecule has 0 aromatic heterocycles. The first-order valence-electron chi connectivity index (χ1n) is 7.70. The van der Waals surface area contributed by atoms with Crippen molar-refractivity contribution in [3.63, 3.8) is 0 Å². The summed E-state index contributed by atoms with van der Waals surface area (Å²) in [4.78, 5) is 27.8. The maximum absolute atomic E-state index is 12.2. The summed E-state index contributed by atoms with van der Waals surface area (Å²) in [5.74, 6) is 0.490. The van der Waals surface area contributed by atoms with Gasteiger partial charge < -0.3 is 20.3 Å². The Hall–Kier alpha value is -2.12. The second-order valence-electron chi connectivity index (χ2n) is 5.55. The van der Waals surface area contributed by atoms with Crippen molar-refractivity contribution < 1.29 is 14.3 Å². The first-order valence-corrected chi connectivity index (χ1v) is 7.70. The zero-order valence-electron chi connectivity index (χ0n) is 13.7. The molecule has 0 aliphatic carbocycles. The van der Waals surface area contributed by atoms with E-state index in [9.17, 15) is 9.59 Å². The largest absolute Gasteiger partial charge is 0.495 e. The monoisotopic (exact) mass is 320 g/mol. The Morgan fingerprint density at radius 1 is 1.26 bits per heavy atom. The van der Waals surface area contributed by atoms with Crippen LogP contribution < -0.4 is 15.4 Å². The van der Waals surface area contributed by atoms with Gasteiger partial charge in [-0.1, -0.05) is 12.1 Å². The number of methoxy groups -OCH3 is 1. The van der Waals surface area contributed by atoms with Crippen LogP contribution in [0.2, 0.25) is 0 Å². The van der Waals surface area contributed by atoms with Crippen LogP contribution in [-0.2, 0) is 9.59 Å². The number of hydrogen-bond donors (Lipinski definition) is 2. The van der Waals surface area contributed by atoms with E-state index in [1.54, 1.807) is 31.2 Å². The van der Waals surface area contributed by atoms with Gasteiger partial charge in [-0.05, 0) is 19.2 Å². The summed E-state index contributed by atoms with van der Waals surface area (Å²) < 4.78 is 5.20. The molecule has 0 atom stereocenters. The van der Waals surface area contributed by atoms with Crippen LogP contribution >= 0.6 is 0 Å². The number of rotatable bonds is 6. The molecule has 2 amide bonds. The maximum Gasteiger partial charge on any atom is 0.238 e. The van der Waals surface area contributed by atoms with Gasteiger partial charge in [-0.15, -0.1) is 0 Å². The van der Waals surface area contributed by atoms with Crippen molar-refractivity contribution in [3.8, 4) is 5.75 Å². The minimum atomic E-state index is -0.176. The van der Waals surface area contributed by atoms with E-state index >= 15 is 0 Å². The SMILES string of the molecule is COc1ccccc1NC(=O)CN(C)CC(=O)N1CCNCC1. The molecule has 1 fully saturated rings. The van der Waals surface area contributed by atoms with Gasteiger partial charge in [-0.3, -0.25) is 14.5 Å². The smallest absolute Gasteiger partial charge is 0.238 e. The fourth-order valence-electron chi connectivity index (χ4n) is 2.48. The number of piperazine rings is 1. The number of nitrogens with zero attached hydrogens (tertiary/aromatic N) is 2. The second-order valence-corrected chi connectivity index (χ2v) is 5.55. The Morgan fingerprint density at radius 2 is 1.96 bits per heavy atom. The molecule has 0 saturated carbocycles. The van der Waals surface area contributed by atoms with Crippen molar-refractivity contribution in [2.24, 2.45) is 0 Å². The molecule has 2 N–H and O–H groups in total. The average molecular weight is 320 g/mol. The number of amides is 2. The van der Waals surface area contributed by atoms with Crippen LogP contribution in [0, 0.1) is 0 Å². The molecule has 126 valence electrons. The lowest BCUT2D eigenvalue weighted by atomic mass is 10.3. The second kappa shape index (κ2) is 8.50. The molecule has 0 spiro atoms. The summed E-state index contributed by atoms with van der Waals surface area (Å²) in [5.41, 5.74) is 0.627. The number of benzene rings is 1. The lowest BCUT2D eigenvalue weighted by molar-refractivity contribution is -0.133. The van der Waals surface area contributed by atoms with Crippen LogP contribution in [0.25, 0.3) is 0 Å². The van der Waals surface area contributed by atoms with Gasteiger partial charge in [0, 0.05) is 26.2 Å². The quantitative estimate of drug-likeness (QED) is 0.772. The van der Waals surface area contributed by atoms with Gasteiger partial charge in [0.15, 0.2) is 0 Å². The first kappa shape index (κ1) is 17.2. The predicted octanol–water partition coefficient (Wildman–Crippen LogP) is -0.00270. The lowest BCUT2D eigenvalue weighted by Gasteiger charge is -2.29. The van der Waals surface area contributed by atoms with E-state index in [0.29, 0.717) is 11.4 Å². The molecular formula is C16H24N4O3. The van der Waals surface area contributed by atoms with E-state index in [1.165, 1.54) is 0 Å². The van der Waals surface area contributed by atoms with E-state index in [1.807, 2.05) is 17.0 Å². The van der Waals surface area contributed by atoms with Crippen molar-refractivity contribution in [2.75, 3.05) is 58.7 Å². The van der Waals surface area contributed by atoms with Crippen LogP contribution in [0.1, 0.15) is 0 Å².